The highest BCUT2D eigenvalue weighted by Crippen LogP contribution is 2.29. The number of aromatic nitrogens is 3. The molecular weight excluding hydrogens is 290 g/mol. The molecule has 2 aromatic rings. The number of pyridine rings is 1. The molecule has 1 amide bonds. The van der Waals surface area contributed by atoms with E-state index in [2.05, 4.69) is 20.6 Å². The summed E-state index contributed by atoms with van der Waals surface area (Å²) in [7, 11) is 1.92. The van der Waals surface area contributed by atoms with Crippen molar-refractivity contribution in [2.75, 3.05) is 5.32 Å². The predicted octanol–water partition coefficient (Wildman–Crippen LogP) is 1.90. The van der Waals surface area contributed by atoms with Crippen molar-refractivity contribution in [2.24, 2.45) is 7.05 Å². The van der Waals surface area contributed by atoms with E-state index in [1.165, 1.54) is 0 Å². The molecule has 7 heteroatoms. The second-order valence-electron chi connectivity index (χ2n) is 5.12. The topological polar surface area (TPSA) is 71.8 Å². The summed E-state index contributed by atoms with van der Waals surface area (Å²) in [6.07, 6.45) is 8.03. The third-order valence-corrected chi connectivity index (χ3v) is 3.99. The maximum atomic E-state index is 11.7. The SMILES string of the molecule is Cn1cncc1[C@@H]1NC(=O)CC[C@H]1Nc1ccncc1Cl. The summed E-state index contributed by atoms with van der Waals surface area (Å²) in [6.45, 7) is 0. The van der Waals surface area contributed by atoms with Crippen LogP contribution >= 0.6 is 11.6 Å². The Bertz CT molecular complexity index is 656. The molecule has 2 aromatic heterocycles. The Morgan fingerprint density at radius 2 is 2.29 bits per heavy atom. The Labute approximate surface area is 127 Å². The average molecular weight is 306 g/mol. The molecule has 0 saturated carbocycles. The van der Waals surface area contributed by atoms with Crippen molar-refractivity contribution in [3.05, 3.63) is 41.7 Å². The molecule has 0 spiro atoms. The fourth-order valence-electron chi connectivity index (χ4n) is 2.59. The fourth-order valence-corrected chi connectivity index (χ4v) is 2.77. The second-order valence-corrected chi connectivity index (χ2v) is 5.53. The van der Waals surface area contributed by atoms with Crippen molar-refractivity contribution >= 4 is 23.2 Å². The normalized spacial score (nSPS) is 21.9. The first-order valence-corrected chi connectivity index (χ1v) is 7.14. The zero-order valence-electron chi connectivity index (χ0n) is 11.6. The molecule has 1 aliphatic heterocycles. The number of nitrogens with one attached hydrogen (secondary N) is 2. The van der Waals surface area contributed by atoms with Gasteiger partial charge in [0.2, 0.25) is 5.91 Å². The van der Waals surface area contributed by atoms with Crippen molar-refractivity contribution in [3.8, 4) is 0 Å². The monoisotopic (exact) mass is 305 g/mol. The minimum absolute atomic E-state index is 0.0537. The summed E-state index contributed by atoms with van der Waals surface area (Å²) in [5.41, 5.74) is 1.78. The smallest absolute Gasteiger partial charge is 0.220 e. The zero-order chi connectivity index (χ0) is 14.8. The molecule has 0 unspecified atom stereocenters. The average Bonchev–Trinajstić information content (AvgIpc) is 2.89. The minimum atomic E-state index is -0.136. The maximum absolute atomic E-state index is 11.7. The van der Waals surface area contributed by atoms with Crippen molar-refractivity contribution in [2.45, 2.75) is 24.9 Å². The summed E-state index contributed by atoms with van der Waals surface area (Å²) in [4.78, 5) is 19.8. The molecule has 2 N–H and O–H groups in total. The number of anilines is 1. The summed E-state index contributed by atoms with van der Waals surface area (Å²) in [5.74, 6) is 0.0556. The van der Waals surface area contributed by atoms with E-state index in [1.807, 2.05) is 17.7 Å². The van der Waals surface area contributed by atoms with Crippen LogP contribution in [0.2, 0.25) is 5.02 Å². The molecule has 0 radical (unpaired) electrons. The van der Waals surface area contributed by atoms with Gasteiger partial charge in [-0.05, 0) is 12.5 Å². The molecule has 0 bridgehead atoms. The van der Waals surface area contributed by atoms with E-state index in [1.54, 1.807) is 24.9 Å². The number of rotatable bonds is 3. The molecule has 21 heavy (non-hydrogen) atoms. The Kier molecular flexibility index (Phi) is 3.79. The van der Waals surface area contributed by atoms with E-state index in [9.17, 15) is 4.79 Å². The minimum Gasteiger partial charge on any atom is -0.379 e. The van der Waals surface area contributed by atoms with Gasteiger partial charge in [-0.1, -0.05) is 11.6 Å². The van der Waals surface area contributed by atoms with Crippen LogP contribution in [0.1, 0.15) is 24.6 Å². The highest BCUT2D eigenvalue weighted by molar-refractivity contribution is 6.33. The summed E-state index contributed by atoms with van der Waals surface area (Å²) >= 11 is 6.15. The Morgan fingerprint density at radius 1 is 1.43 bits per heavy atom. The van der Waals surface area contributed by atoms with Gasteiger partial charge in [-0.3, -0.25) is 9.78 Å². The van der Waals surface area contributed by atoms with Gasteiger partial charge in [0, 0.05) is 25.9 Å². The first-order chi connectivity index (χ1) is 10.1. The van der Waals surface area contributed by atoms with Gasteiger partial charge in [-0.2, -0.15) is 0 Å². The van der Waals surface area contributed by atoms with Gasteiger partial charge in [0.1, 0.15) is 0 Å². The molecular formula is C14H16ClN5O. The van der Waals surface area contributed by atoms with E-state index < -0.39 is 0 Å². The molecule has 2 atom stereocenters. The predicted molar refractivity (Wildman–Crippen MR) is 80.0 cm³/mol. The van der Waals surface area contributed by atoms with Crippen molar-refractivity contribution < 1.29 is 4.79 Å². The second kappa shape index (κ2) is 5.73. The van der Waals surface area contributed by atoms with Crippen LogP contribution in [-0.4, -0.2) is 26.5 Å². The van der Waals surface area contributed by atoms with Gasteiger partial charge < -0.3 is 15.2 Å². The van der Waals surface area contributed by atoms with Crippen LogP contribution in [0.3, 0.4) is 0 Å². The molecule has 110 valence electrons. The number of hydrogen-bond acceptors (Lipinski definition) is 4. The molecule has 3 heterocycles. The Hall–Kier alpha value is -2.08. The molecule has 1 saturated heterocycles. The van der Waals surface area contributed by atoms with Gasteiger partial charge in [0.25, 0.3) is 0 Å². The number of carbonyl (C=O) groups is 1. The number of piperidine rings is 1. The van der Waals surface area contributed by atoms with Crippen LogP contribution in [0.25, 0.3) is 0 Å². The number of aryl methyl sites for hydroxylation is 1. The maximum Gasteiger partial charge on any atom is 0.220 e. The Balaban J connectivity index is 1.87. The Morgan fingerprint density at radius 3 is 3.00 bits per heavy atom. The van der Waals surface area contributed by atoms with Gasteiger partial charge >= 0.3 is 0 Å². The zero-order valence-corrected chi connectivity index (χ0v) is 12.3. The third-order valence-electron chi connectivity index (χ3n) is 3.69. The summed E-state index contributed by atoms with van der Waals surface area (Å²) in [5, 5.41) is 7.00. The molecule has 0 aromatic carbocycles. The first-order valence-electron chi connectivity index (χ1n) is 6.77. The number of halogens is 1. The van der Waals surface area contributed by atoms with E-state index in [0.29, 0.717) is 11.4 Å². The lowest BCUT2D eigenvalue weighted by molar-refractivity contribution is -0.123. The largest absolute Gasteiger partial charge is 0.379 e. The van der Waals surface area contributed by atoms with Crippen molar-refractivity contribution in [1.29, 1.82) is 0 Å². The van der Waals surface area contributed by atoms with Crippen molar-refractivity contribution in [3.63, 3.8) is 0 Å². The number of imidazole rings is 1. The standard InChI is InChI=1S/C14H16ClN5O/c1-20-8-17-7-12(20)14-11(2-3-13(21)19-14)18-10-4-5-16-6-9(10)15/h4-8,11,14H,2-3H2,1H3,(H,16,18)(H,19,21)/t11-,14-/m1/s1. The van der Waals surface area contributed by atoms with E-state index >= 15 is 0 Å². The van der Waals surface area contributed by atoms with Gasteiger partial charge in [-0.15, -0.1) is 0 Å². The summed E-state index contributed by atoms with van der Waals surface area (Å²) in [6, 6.07) is 1.75. The first kappa shape index (κ1) is 13.9. The highest BCUT2D eigenvalue weighted by atomic mass is 35.5. The van der Waals surface area contributed by atoms with Crippen LogP contribution < -0.4 is 10.6 Å². The van der Waals surface area contributed by atoms with Crippen LogP contribution in [0.4, 0.5) is 5.69 Å². The number of nitrogens with zero attached hydrogens (tertiary/aromatic N) is 3. The third kappa shape index (κ3) is 2.85. The van der Waals surface area contributed by atoms with E-state index in [-0.39, 0.29) is 18.0 Å². The lowest BCUT2D eigenvalue weighted by atomic mass is 9.95. The molecule has 1 fully saturated rings. The molecule has 3 rings (SSSR count). The molecule has 1 aliphatic rings. The van der Waals surface area contributed by atoms with Crippen molar-refractivity contribution in [1.82, 2.24) is 19.9 Å². The lowest BCUT2D eigenvalue weighted by Gasteiger charge is -2.33. The van der Waals surface area contributed by atoms with E-state index in [0.717, 1.165) is 17.8 Å². The van der Waals surface area contributed by atoms with Crippen LogP contribution in [-0.2, 0) is 11.8 Å². The number of carbonyl (C=O) groups excluding carboxylic acids is 1. The summed E-state index contributed by atoms with van der Waals surface area (Å²) < 4.78 is 1.92. The van der Waals surface area contributed by atoms with E-state index in [4.69, 9.17) is 11.6 Å². The van der Waals surface area contributed by atoms with Gasteiger partial charge in [0.05, 0.1) is 41.0 Å². The van der Waals surface area contributed by atoms with Gasteiger partial charge in [-0.25, -0.2) is 4.98 Å². The number of amides is 1. The number of hydrogen-bond donors (Lipinski definition) is 2. The molecule has 0 aliphatic carbocycles. The van der Waals surface area contributed by atoms with Crippen LogP contribution in [0, 0.1) is 0 Å². The molecule has 6 nitrogen and oxygen atoms in total. The van der Waals surface area contributed by atoms with Crippen LogP contribution in [0.5, 0.6) is 0 Å². The lowest BCUT2D eigenvalue weighted by Crippen LogP contribution is -2.45. The fraction of sp³-hybridized carbons (Fsp3) is 0.357. The van der Waals surface area contributed by atoms with Gasteiger partial charge in [0.15, 0.2) is 0 Å². The quantitative estimate of drug-likeness (QED) is 0.908. The highest BCUT2D eigenvalue weighted by Gasteiger charge is 2.31. The van der Waals surface area contributed by atoms with Crippen LogP contribution in [0.15, 0.2) is 31.0 Å².